The summed E-state index contributed by atoms with van der Waals surface area (Å²) >= 11 is 6.22. The molecule has 0 radical (unpaired) electrons. The number of carbonyl (C=O) groups is 1. The SMILES string of the molecule is Cc1ccccc1NC(=O)CN(c1cccc(Cl)c1C)S(=O)(=O)c1ccccc1. The summed E-state index contributed by atoms with van der Waals surface area (Å²) in [5.74, 6) is -0.446. The minimum Gasteiger partial charge on any atom is -0.324 e. The van der Waals surface area contributed by atoms with Gasteiger partial charge in [-0.2, -0.15) is 0 Å². The number of nitrogens with zero attached hydrogens (tertiary/aromatic N) is 1. The van der Waals surface area contributed by atoms with Crippen molar-refractivity contribution in [3.63, 3.8) is 0 Å². The van der Waals surface area contributed by atoms with E-state index in [0.717, 1.165) is 9.87 Å². The van der Waals surface area contributed by atoms with Crippen LogP contribution in [0.15, 0.2) is 77.7 Å². The van der Waals surface area contributed by atoms with Gasteiger partial charge in [-0.3, -0.25) is 9.10 Å². The molecule has 1 N–H and O–H groups in total. The Labute approximate surface area is 176 Å². The zero-order chi connectivity index (χ0) is 21.0. The second kappa shape index (κ2) is 8.68. The number of aryl methyl sites for hydroxylation is 1. The molecule has 0 unspecified atom stereocenters. The van der Waals surface area contributed by atoms with Gasteiger partial charge in [0, 0.05) is 10.7 Å². The monoisotopic (exact) mass is 428 g/mol. The van der Waals surface area contributed by atoms with E-state index in [9.17, 15) is 13.2 Å². The first-order chi connectivity index (χ1) is 13.8. The molecule has 0 saturated carbocycles. The molecule has 0 bridgehead atoms. The Bertz CT molecular complexity index is 1130. The van der Waals surface area contributed by atoms with Crippen molar-refractivity contribution in [2.45, 2.75) is 18.7 Å². The molecule has 0 aliphatic carbocycles. The highest BCUT2D eigenvalue weighted by atomic mass is 35.5. The second-order valence-electron chi connectivity index (χ2n) is 6.57. The Morgan fingerprint density at radius 1 is 0.931 bits per heavy atom. The fraction of sp³-hybridized carbons (Fsp3) is 0.136. The van der Waals surface area contributed by atoms with Crippen LogP contribution < -0.4 is 9.62 Å². The van der Waals surface area contributed by atoms with Crippen molar-refractivity contribution < 1.29 is 13.2 Å². The fourth-order valence-electron chi connectivity index (χ4n) is 2.92. The Kier molecular flexibility index (Phi) is 6.25. The predicted octanol–water partition coefficient (Wildman–Crippen LogP) is 4.79. The molecule has 0 aliphatic heterocycles. The van der Waals surface area contributed by atoms with Crippen LogP contribution in [0.3, 0.4) is 0 Å². The van der Waals surface area contributed by atoms with Crippen molar-refractivity contribution in [3.05, 3.63) is 88.9 Å². The third-order valence-corrected chi connectivity index (χ3v) is 6.73. The number of nitrogens with one attached hydrogen (secondary N) is 1. The lowest BCUT2D eigenvalue weighted by atomic mass is 10.2. The first-order valence-corrected chi connectivity index (χ1v) is 10.8. The molecule has 0 aromatic heterocycles. The number of sulfonamides is 1. The van der Waals surface area contributed by atoms with Gasteiger partial charge >= 0.3 is 0 Å². The average Bonchev–Trinajstić information content (AvgIpc) is 2.71. The molecule has 0 aliphatic rings. The smallest absolute Gasteiger partial charge is 0.264 e. The van der Waals surface area contributed by atoms with E-state index >= 15 is 0 Å². The van der Waals surface area contributed by atoms with Crippen molar-refractivity contribution in [2.75, 3.05) is 16.2 Å². The van der Waals surface area contributed by atoms with Crippen LogP contribution in [-0.4, -0.2) is 20.9 Å². The van der Waals surface area contributed by atoms with Crippen molar-refractivity contribution in [1.29, 1.82) is 0 Å². The van der Waals surface area contributed by atoms with Gasteiger partial charge in [-0.25, -0.2) is 8.42 Å². The topological polar surface area (TPSA) is 66.5 Å². The van der Waals surface area contributed by atoms with E-state index in [2.05, 4.69) is 5.32 Å². The maximum atomic E-state index is 13.4. The van der Waals surface area contributed by atoms with Gasteiger partial charge in [0.15, 0.2) is 0 Å². The predicted molar refractivity (Wildman–Crippen MR) is 117 cm³/mol. The minimum atomic E-state index is -3.98. The quantitative estimate of drug-likeness (QED) is 0.613. The van der Waals surface area contributed by atoms with Gasteiger partial charge in [-0.1, -0.05) is 54.1 Å². The van der Waals surface area contributed by atoms with Crippen molar-refractivity contribution in [2.24, 2.45) is 0 Å². The fourth-order valence-corrected chi connectivity index (χ4v) is 4.59. The number of hydrogen-bond donors (Lipinski definition) is 1. The Hall–Kier alpha value is -2.83. The number of anilines is 2. The van der Waals surface area contributed by atoms with Gasteiger partial charge in [0.05, 0.1) is 10.6 Å². The van der Waals surface area contributed by atoms with E-state index in [1.54, 1.807) is 49.4 Å². The van der Waals surface area contributed by atoms with Crippen LogP contribution in [-0.2, 0) is 14.8 Å². The highest BCUT2D eigenvalue weighted by Gasteiger charge is 2.28. The summed E-state index contributed by atoms with van der Waals surface area (Å²) in [7, 11) is -3.98. The summed E-state index contributed by atoms with van der Waals surface area (Å²) in [4.78, 5) is 12.9. The molecule has 3 aromatic rings. The molecular formula is C22H21ClN2O3S. The van der Waals surface area contributed by atoms with Crippen LogP contribution >= 0.6 is 11.6 Å². The van der Waals surface area contributed by atoms with Gasteiger partial charge in [0.1, 0.15) is 6.54 Å². The third-order valence-electron chi connectivity index (χ3n) is 4.55. The molecule has 29 heavy (non-hydrogen) atoms. The van der Waals surface area contributed by atoms with Gasteiger partial charge in [0.2, 0.25) is 5.91 Å². The lowest BCUT2D eigenvalue weighted by Gasteiger charge is -2.26. The molecule has 150 valence electrons. The Balaban J connectivity index is 2.01. The standard InChI is InChI=1S/C22H21ClN2O3S/c1-16-9-6-7-13-20(16)24-22(26)15-25(21-14-8-12-19(23)17(21)2)29(27,28)18-10-4-3-5-11-18/h3-14H,15H2,1-2H3,(H,24,26). The summed E-state index contributed by atoms with van der Waals surface area (Å²) in [6.45, 7) is 3.21. The molecule has 5 nitrogen and oxygen atoms in total. The van der Waals surface area contributed by atoms with E-state index in [0.29, 0.717) is 22.0 Å². The zero-order valence-electron chi connectivity index (χ0n) is 16.1. The normalized spacial score (nSPS) is 11.1. The molecule has 3 rings (SSSR count). The first-order valence-electron chi connectivity index (χ1n) is 8.99. The summed E-state index contributed by atoms with van der Waals surface area (Å²) in [5.41, 5.74) is 2.47. The summed E-state index contributed by atoms with van der Waals surface area (Å²) in [6.07, 6.45) is 0. The molecule has 0 atom stereocenters. The lowest BCUT2D eigenvalue weighted by Crippen LogP contribution is -2.38. The Morgan fingerprint density at radius 3 is 2.28 bits per heavy atom. The van der Waals surface area contributed by atoms with E-state index in [-0.39, 0.29) is 11.4 Å². The Morgan fingerprint density at radius 2 is 1.59 bits per heavy atom. The van der Waals surface area contributed by atoms with Crippen LogP contribution in [0.5, 0.6) is 0 Å². The average molecular weight is 429 g/mol. The van der Waals surface area contributed by atoms with Gasteiger partial charge < -0.3 is 5.32 Å². The minimum absolute atomic E-state index is 0.100. The lowest BCUT2D eigenvalue weighted by molar-refractivity contribution is -0.114. The highest BCUT2D eigenvalue weighted by molar-refractivity contribution is 7.92. The van der Waals surface area contributed by atoms with E-state index in [1.165, 1.54) is 12.1 Å². The van der Waals surface area contributed by atoms with Crippen LogP contribution in [0.1, 0.15) is 11.1 Å². The molecule has 0 heterocycles. The number of hydrogen-bond acceptors (Lipinski definition) is 3. The van der Waals surface area contributed by atoms with Crippen molar-refractivity contribution in [3.8, 4) is 0 Å². The van der Waals surface area contributed by atoms with Gasteiger partial charge in [-0.05, 0) is 55.3 Å². The maximum absolute atomic E-state index is 13.4. The van der Waals surface area contributed by atoms with Crippen LogP contribution in [0.4, 0.5) is 11.4 Å². The van der Waals surface area contributed by atoms with E-state index < -0.39 is 15.9 Å². The molecule has 7 heteroatoms. The van der Waals surface area contributed by atoms with Gasteiger partial charge in [-0.15, -0.1) is 0 Å². The number of halogens is 1. The largest absolute Gasteiger partial charge is 0.324 e. The summed E-state index contributed by atoms with van der Waals surface area (Å²) < 4.78 is 27.8. The number of para-hydroxylation sites is 1. The maximum Gasteiger partial charge on any atom is 0.264 e. The van der Waals surface area contributed by atoms with Gasteiger partial charge in [0.25, 0.3) is 10.0 Å². The number of amides is 1. The van der Waals surface area contributed by atoms with Crippen LogP contribution in [0.2, 0.25) is 5.02 Å². The number of carbonyl (C=O) groups excluding carboxylic acids is 1. The molecule has 0 spiro atoms. The van der Waals surface area contributed by atoms with E-state index in [4.69, 9.17) is 11.6 Å². The summed E-state index contributed by atoms with van der Waals surface area (Å²) in [6, 6.07) is 20.3. The molecule has 0 saturated heterocycles. The van der Waals surface area contributed by atoms with Crippen molar-refractivity contribution in [1.82, 2.24) is 0 Å². The first kappa shape index (κ1) is 20.9. The second-order valence-corrected chi connectivity index (χ2v) is 8.84. The molecule has 1 amide bonds. The van der Waals surface area contributed by atoms with Crippen LogP contribution in [0, 0.1) is 13.8 Å². The number of benzene rings is 3. The van der Waals surface area contributed by atoms with Crippen molar-refractivity contribution >= 4 is 38.9 Å². The van der Waals surface area contributed by atoms with Crippen LogP contribution in [0.25, 0.3) is 0 Å². The molecular weight excluding hydrogens is 408 g/mol. The molecule has 0 fully saturated rings. The van der Waals surface area contributed by atoms with E-state index in [1.807, 2.05) is 25.1 Å². The highest BCUT2D eigenvalue weighted by Crippen LogP contribution is 2.30. The molecule has 3 aromatic carbocycles. The number of rotatable bonds is 6. The zero-order valence-corrected chi connectivity index (χ0v) is 17.7. The third kappa shape index (κ3) is 4.60. The summed E-state index contributed by atoms with van der Waals surface area (Å²) in [5, 5.41) is 3.22.